The van der Waals surface area contributed by atoms with Crippen molar-refractivity contribution in [1.29, 1.82) is 0 Å². The summed E-state index contributed by atoms with van der Waals surface area (Å²) in [5.74, 6) is 0. The Labute approximate surface area is 101 Å². The molecule has 0 fully saturated rings. The van der Waals surface area contributed by atoms with Gasteiger partial charge in [0.2, 0.25) is 0 Å². The number of aliphatic hydroxyl groups excluding tert-OH is 1. The van der Waals surface area contributed by atoms with Crippen LogP contribution >= 0.6 is 0 Å². The van der Waals surface area contributed by atoms with Crippen LogP contribution in [0.4, 0.5) is 11.4 Å². The fourth-order valence-corrected chi connectivity index (χ4v) is 1.60. The fraction of sp³-hybridized carbons (Fsp3) is 0.500. The van der Waals surface area contributed by atoms with Gasteiger partial charge in [0.15, 0.2) is 0 Å². The predicted molar refractivity (Wildman–Crippen MR) is 67.1 cm³/mol. The molecule has 5 nitrogen and oxygen atoms in total. The molecule has 0 amide bonds. The molecule has 0 saturated carbocycles. The van der Waals surface area contributed by atoms with Crippen molar-refractivity contribution >= 4 is 11.4 Å². The molecule has 0 radical (unpaired) electrons. The summed E-state index contributed by atoms with van der Waals surface area (Å²) in [7, 11) is 0. The number of nitrogens with zero attached hydrogens (tertiary/aromatic N) is 1. The molecule has 94 valence electrons. The zero-order valence-electron chi connectivity index (χ0n) is 9.76. The number of para-hydroxylation sites is 2. The van der Waals surface area contributed by atoms with E-state index in [0.29, 0.717) is 5.69 Å². The maximum Gasteiger partial charge on any atom is 0.292 e. The topological polar surface area (TPSA) is 75.4 Å². The third kappa shape index (κ3) is 4.82. The van der Waals surface area contributed by atoms with Gasteiger partial charge in [0.1, 0.15) is 5.69 Å². The summed E-state index contributed by atoms with van der Waals surface area (Å²) in [6.45, 7) is 0.952. The van der Waals surface area contributed by atoms with Crippen LogP contribution in [0.15, 0.2) is 24.3 Å². The summed E-state index contributed by atoms with van der Waals surface area (Å²) in [5, 5.41) is 22.4. The second-order valence-corrected chi connectivity index (χ2v) is 3.84. The Morgan fingerprint density at radius 1 is 1.18 bits per heavy atom. The summed E-state index contributed by atoms with van der Waals surface area (Å²) in [5.41, 5.74) is 0.683. The van der Waals surface area contributed by atoms with Crippen LogP contribution in [0.2, 0.25) is 0 Å². The first-order valence-electron chi connectivity index (χ1n) is 5.84. The standard InChI is InChI=1S/C12H18N2O3/c15-10-6-2-1-5-9-13-11-7-3-4-8-12(11)14(16)17/h3-4,7-8,13,15H,1-2,5-6,9-10H2. The lowest BCUT2D eigenvalue weighted by atomic mass is 10.2. The predicted octanol–water partition coefficient (Wildman–Crippen LogP) is 2.56. The number of nitro benzene ring substituents is 1. The van der Waals surface area contributed by atoms with Gasteiger partial charge >= 0.3 is 0 Å². The fourth-order valence-electron chi connectivity index (χ4n) is 1.60. The lowest BCUT2D eigenvalue weighted by molar-refractivity contribution is -0.384. The normalized spacial score (nSPS) is 10.2. The molecule has 5 heteroatoms. The number of unbranched alkanes of at least 4 members (excludes halogenated alkanes) is 3. The van der Waals surface area contributed by atoms with Crippen molar-refractivity contribution in [1.82, 2.24) is 0 Å². The SMILES string of the molecule is O=[N+]([O-])c1ccccc1NCCCCCCO. The van der Waals surface area contributed by atoms with Crippen molar-refractivity contribution in [2.24, 2.45) is 0 Å². The van der Waals surface area contributed by atoms with Crippen molar-refractivity contribution in [2.75, 3.05) is 18.5 Å². The van der Waals surface area contributed by atoms with E-state index in [-0.39, 0.29) is 17.2 Å². The molecule has 0 saturated heterocycles. The van der Waals surface area contributed by atoms with Crippen LogP contribution in [0, 0.1) is 10.1 Å². The molecule has 0 atom stereocenters. The van der Waals surface area contributed by atoms with Crippen LogP contribution < -0.4 is 5.32 Å². The number of hydrogen-bond acceptors (Lipinski definition) is 4. The molecule has 0 unspecified atom stereocenters. The monoisotopic (exact) mass is 238 g/mol. The van der Waals surface area contributed by atoms with E-state index in [2.05, 4.69) is 5.32 Å². The van der Waals surface area contributed by atoms with Crippen molar-refractivity contribution in [3.8, 4) is 0 Å². The Balaban J connectivity index is 2.34. The van der Waals surface area contributed by atoms with E-state index in [1.165, 1.54) is 6.07 Å². The summed E-state index contributed by atoms with van der Waals surface area (Å²) in [4.78, 5) is 10.4. The van der Waals surface area contributed by atoms with Crippen LogP contribution in [-0.2, 0) is 0 Å². The quantitative estimate of drug-likeness (QED) is 0.414. The van der Waals surface area contributed by atoms with Gasteiger partial charge in [0, 0.05) is 19.2 Å². The minimum absolute atomic E-state index is 0.114. The van der Waals surface area contributed by atoms with E-state index in [4.69, 9.17) is 5.11 Å². The van der Waals surface area contributed by atoms with E-state index in [0.717, 1.165) is 32.2 Å². The molecule has 0 spiro atoms. The largest absolute Gasteiger partial charge is 0.396 e. The zero-order valence-corrected chi connectivity index (χ0v) is 9.76. The summed E-state index contributed by atoms with van der Waals surface area (Å²) < 4.78 is 0. The second kappa shape index (κ2) is 7.62. The number of nitrogens with one attached hydrogen (secondary N) is 1. The molecule has 1 aromatic carbocycles. The molecule has 0 aromatic heterocycles. The number of rotatable bonds is 8. The van der Waals surface area contributed by atoms with Crippen molar-refractivity contribution < 1.29 is 10.0 Å². The van der Waals surface area contributed by atoms with Crippen molar-refractivity contribution in [3.63, 3.8) is 0 Å². The minimum Gasteiger partial charge on any atom is -0.396 e. The first-order valence-corrected chi connectivity index (χ1v) is 5.84. The molecule has 17 heavy (non-hydrogen) atoms. The molecule has 2 N–H and O–H groups in total. The number of nitro groups is 1. The third-order valence-electron chi connectivity index (χ3n) is 2.50. The van der Waals surface area contributed by atoms with Gasteiger partial charge in [0.25, 0.3) is 5.69 Å². The Bertz CT molecular complexity index is 355. The highest BCUT2D eigenvalue weighted by Crippen LogP contribution is 2.22. The first kappa shape index (κ1) is 13.4. The highest BCUT2D eigenvalue weighted by atomic mass is 16.6. The van der Waals surface area contributed by atoms with Crippen molar-refractivity contribution in [3.05, 3.63) is 34.4 Å². The Kier molecular flexibility index (Phi) is 6.03. The smallest absolute Gasteiger partial charge is 0.292 e. The molecule has 0 bridgehead atoms. The molecule has 1 rings (SSSR count). The van der Waals surface area contributed by atoms with Crippen LogP contribution in [0.5, 0.6) is 0 Å². The number of anilines is 1. The van der Waals surface area contributed by atoms with E-state index < -0.39 is 0 Å². The number of hydrogen-bond donors (Lipinski definition) is 2. The first-order chi connectivity index (χ1) is 8.25. The van der Waals surface area contributed by atoms with E-state index >= 15 is 0 Å². The van der Waals surface area contributed by atoms with Gasteiger partial charge < -0.3 is 10.4 Å². The molecule has 1 aromatic rings. The van der Waals surface area contributed by atoms with Gasteiger partial charge in [-0.3, -0.25) is 10.1 Å². The summed E-state index contributed by atoms with van der Waals surface area (Å²) in [6.07, 6.45) is 3.79. The third-order valence-corrected chi connectivity index (χ3v) is 2.50. The van der Waals surface area contributed by atoms with E-state index in [1.807, 2.05) is 0 Å². The molecule has 0 aliphatic heterocycles. The van der Waals surface area contributed by atoms with Crippen LogP contribution in [0.3, 0.4) is 0 Å². The molecular weight excluding hydrogens is 220 g/mol. The highest BCUT2D eigenvalue weighted by Gasteiger charge is 2.10. The molecular formula is C12H18N2O3. The van der Waals surface area contributed by atoms with Gasteiger partial charge in [-0.2, -0.15) is 0 Å². The van der Waals surface area contributed by atoms with Gasteiger partial charge in [-0.1, -0.05) is 25.0 Å². The maximum absolute atomic E-state index is 10.7. The average Bonchev–Trinajstić information content (AvgIpc) is 2.34. The Morgan fingerprint density at radius 3 is 2.59 bits per heavy atom. The Morgan fingerprint density at radius 2 is 1.88 bits per heavy atom. The van der Waals surface area contributed by atoms with E-state index in [1.54, 1.807) is 18.2 Å². The minimum atomic E-state index is -0.381. The average molecular weight is 238 g/mol. The van der Waals surface area contributed by atoms with Crippen molar-refractivity contribution in [2.45, 2.75) is 25.7 Å². The summed E-state index contributed by atoms with van der Waals surface area (Å²) >= 11 is 0. The van der Waals surface area contributed by atoms with Gasteiger partial charge in [-0.15, -0.1) is 0 Å². The molecule has 0 heterocycles. The Hall–Kier alpha value is -1.62. The molecule has 0 aliphatic carbocycles. The van der Waals surface area contributed by atoms with Crippen LogP contribution in [-0.4, -0.2) is 23.2 Å². The van der Waals surface area contributed by atoms with Crippen LogP contribution in [0.25, 0.3) is 0 Å². The zero-order chi connectivity index (χ0) is 12.5. The van der Waals surface area contributed by atoms with Crippen LogP contribution in [0.1, 0.15) is 25.7 Å². The van der Waals surface area contributed by atoms with E-state index in [9.17, 15) is 10.1 Å². The highest BCUT2D eigenvalue weighted by molar-refractivity contribution is 5.60. The number of aliphatic hydroxyl groups is 1. The lowest BCUT2D eigenvalue weighted by Crippen LogP contribution is -2.04. The maximum atomic E-state index is 10.7. The summed E-state index contributed by atoms with van der Waals surface area (Å²) in [6, 6.07) is 6.64. The van der Waals surface area contributed by atoms with Gasteiger partial charge in [0.05, 0.1) is 4.92 Å². The molecule has 0 aliphatic rings. The second-order valence-electron chi connectivity index (χ2n) is 3.84. The lowest BCUT2D eigenvalue weighted by Gasteiger charge is -2.06. The van der Waals surface area contributed by atoms with Gasteiger partial charge in [-0.25, -0.2) is 0 Å². The van der Waals surface area contributed by atoms with Gasteiger partial charge in [-0.05, 0) is 18.9 Å². The number of benzene rings is 1.